The zero-order chi connectivity index (χ0) is 15.8. The van der Waals surface area contributed by atoms with E-state index in [-0.39, 0.29) is 25.0 Å². The second-order valence-electron chi connectivity index (χ2n) is 5.81. The number of hydrogen-bond donors (Lipinski definition) is 2. The first-order valence-electron chi connectivity index (χ1n) is 7.84. The van der Waals surface area contributed by atoms with Crippen molar-refractivity contribution >= 4 is 12.1 Å². The molecule has 5 heteroatoms. The van der Waals surface area contributed by atoms with Crippen LogP contribution in [0.5, 0.6) is 0 Å². The first-order chi connectivity index (χ1) is 10.6. The highest BCUT2D eigenvalue weighted by Crippen LogP contribution is 2.27. The van der Waals surface area contributed by atoms with E-state index in [0.717, 1.165) is 31.2 Å². The maximum Gasteiger partial charge on any atom is 0.407 e. The predicted molar refractivity (Wildman–Crippen MR) is 82.4 cm³/mol. The van der Waals surface area contributed by atoms with Gasteiger partial charge in [0.2, 0.25) is 0 Å². The molecule has 1 aliphatic carbocycles. The number of carbonyl (C=O) groups excluding carboxylic acids is 1. The third-order valence-corrected chi connectivity index (χ3v) is 4.13. The molecular formula is C17H23NO4. The number of hydrogen-bond acceptors (Lipinski definition) is 3. The Balaban J connectivity index is 1.85. The summed E-state index contributed by atoms with van der Waals surface area (Å²) in [5.74, 6) is -0.659. The monoisotopic (exact) mass is 305 g/mol. The molecule has 0 bridgehead atoms. The molecule has 2 N–H and O–H groups in total. The fourth-order valence-electron chi connectivity index (χ4n) is 2.98. The van der Waals surface area contributed by atoms with E-state index < -0.39 is 12.1 Å². The molecule has 120 valence electrons. The van der Waals surface area contributed by atoms with E-state index in [2.05, 4.69) is 5.32 Å². The number of carboxylic acids is 1. The highest BCUT2D eigenvalue weighted by Gasteiger charge is 2.27. The Labute approximate surface area is 130 Å². The molecule has 1 aromatic rings. The Morgan fingerprint density at radius 2 is 1.86 bits per heavy atom. The molecule has 1 aromatic carbocycles. The summed E-state index contributed by atoms with van der Waals surface area (Å²) >= 11 is 0. The van der Waals surface area contributed by atoms with Gasteiger partial charge in [-0.15, -0.1) is 0 Å². The zero-order valence-corrected chi connectivity index (χ0v) is 12.7. The van der Waals surface area contributed by atoms with Crippen LogP contribution in [-0.2, 0) is 16.1 Å². The van der Waals surface area contributed by atoms with Crippen LogP contribution in [0.25, 0.3) is 0 Å². The van der Waals surface area contributed by atoms with E-state index in [1.54, 1.807) is 0 Å². The quantitative estimate of drug-likeness (QED) is 0.845. The second kappa shape index (κ2) is 8.41. The van der Waals surface area contributed by atoms with E-state index in [9.17, 15) is 9.59 Å². The fraction of sp³-hybridized carbons (Fsp3) is 0.529. The fourth-order valence-corrected chi connectivity index (χ4v) is 2.98. The lowest BCUT2D eigenvalue weighted by Crippen LogP contribution is -2.42. The van der Waals surface area contributed by atoms with Crippen molar-refractivity contribution in [3.8, 4) is 0 Å². The number of nitrogens with one attached hydrogen (secondary N) is 1. The largest absolute Gasteiger partial charge is 0.481 e. The Morgan fingerprint density at radius 3 is 2.50 bits per heavy atom. The lowest BCUT2D eigenvalue weighted by molar-refractivity contribution is -0.137. The van der Waals surface area contributed by atoms with Gasteiger partial charge in [0.25, 0.3) is 0 Å². The minimum atomic E-state index is -0.890. The third-order valence-electron chi connectivity index (χ3n) is 4.13. The molecule has 22 heavy (non-hydrogen) atoms. The maximum atomic E-state index is 11.9. The van der Waals surface area contributed by atoms with Crippen LogP contribution in [0.4, 0.5) is 4.79 Å². The van der Waals surface area contributed by atoms with Crippen LogP contribution in [0, 0.1) is 5.92 Å². The molecule has 2 rings (SSSR count). The van der Waals surface area contributed by atoms with Crippen molar-refractivity contribution in [1.29, 1.82) is 0 Å². The molecule has 5 nitrogen and oxygen atoms in total. The molecule has 1 aliphatic rings. The van der Waals surface area contributed by atoms with E-state index in [4.69, 9.17) is 9.84 Å². The number of benzene rings is 1. The van der Waals surface area contributed by atoms with Crippen molar-refractivity contribution in [2.75, 3.05) is 0 Å². The molecule has 0 saturated heterocycles. The van der Waals surface area contributed by atoms with E-state index in [0.29, 0.717) is 0 Å². The average molecular weight is 305 g/mol. The number of aliphatic carboxylic acids is 1. The van der Waals surface area contributed by atoms with E-state index in [1.807, 2.05) is 30.3 Å². The van der Waals surface area contributed by atoms with Crippen molar-refractivity contribution in [2.45, 2.75) is 51.2 Å². The van der Waals surface area contributed by atoms with Crippen molar-refractivity contribution in [3.05, 3.63) is 35.9 Å². The first kappa shape index (κ1) is 16.3. The highest BCUT2D eigenvalue weighted by molar-refractivity contribution is 5.71. The molecule has 1 saturated carbocycles. The van der Waals surface area contributed by atoms with Gasteiger partial charge in [-0.1, -0.05) is 49.6 Å². The Kier molecular flexibility index (Phi) is 6.25. The summed E-state index contributed by atoms with van der Waals surface area (Å²) in [5.41, 5.74) is 0.908. The number of ether oxygens (including phenoxy) is 1. The average Bonchev–Trinajstić information content (AvgIpc) is 2.54. The Bertz CT molecular complexity index is 483. The van der Waals surface area contributed by atoms with Gasteiger partial charge in [0, 0.05) is 6.04 Å². The van der Waals surface area contributed by atoms with Gasteiger partial charge < -0.3 is 15.2 Å². The zero-order valence-electron chi connectivity index (χ0n) is 12.7. The molecule has 1 atom stereocenters. The van der Waals surface area contributed by atoms with Gasteiger partial charge in [0.1, 0.15) is 6.61 Å². The molecule has 0 unspecified atom stereocenters. The molecule has 0 aliphatic heterocycles. The van der Waals surface area contributed by atoms with E-state index in [1.165, 1.54) is 6.42 Å². The molecule has 0 radical (unpaired) electrons. The van der Waals surface area contributed by atoms with Gasteiger partial charge in [0.05, 0.1) is 6.42 Å². The smallest absolute Gasteiger partial charge is 0.407 e. The van der Waals surface area contributed by atoms with Crippen LogP contribution in [0.2, 0.25) is 0 Å². The molecule has 0 aromatic heterocycles. The molecular weight excluding hydrogens is 282 g/mol. The minimum Gasteiger partial charge on any atom is -0.481 e. The first-order valence-corrected chi connectivity index (χ1v) is 7.84. The summed E-state index contributed by atoms with van der Waals surface area (Å²) in [6.07, 6.45) is 4.73. The summed E-state index contributed by atoms with van der Waals surface area (Å²) < 4.78 is 5.19. The predicted octanol–water partition coefficient (Wildman–Crippen LogP) is 3.34. The minimum absolute atomic E-state index is 0.0505. The maximum absolute atomic E-state index is 11.9. The molecule has 1 amide bonds. The molecule has 1 fully saturated rings. The Hall–Kier alpha value is -2.04. The lowest BCUT2D eigenvalue weighted by Gasteiger charge is -2.29. The van der Waals surface area contributed by atoms with Gasteiger partial charge in [0.15, 0.2) is 0 Å². The number of rotatable bonds is 6. The summed E-state index contributed by atoms with van der Waals surface area (Å²) in [4.78, 5) is 22.9. The summed E-state index contributed by atoms with van der Waals surface area (Å²) in [7, 11) is 0. The number of carboxylic acid groups (broad SMARTS) is 1. The van der Waals surface area contributed by atoms with Crippen LogP contribution < -0.4 is 5.32 Å². The van der Waals surface area contributed by atoms with Crippen LogP contribution in [0.3, 0.4) is 0 Å². The second-order valence-corrected chi connectivity index (χ2v) is 5.81. The van der Waals surface area contributed by atoms with Crippen molar-refractivity contribution < 1.29 is 19.4 Å². The van der Waals surface area contributed by atoms with Crippen molar-refractivity contribution in [1.82, 2.24) is 5.32 Å². The van der Waals surface area contributed by atoms with Crippen LogP contribution in [0.1, 0.15) is 44.1 Å². The topological polar surface area (TPSA) is 75.6 Å². The number of amides is 1. The van der Waals surface area contributed by atoms with Crippen molar-refractivity contribution in [3.63, 3.8) is 0 Å². The van der Waals surface area contributed by atoms with Crippen molar-refractivity contribution in [2.24, 2.45) is 5.92 Å². The summed E-state index contributed by atoms with van der Waals surface area (Å²) in [6.45, 7) is 0.192. The normalized spacial score (nSPS) is 16.7. The Morgan fingerprint density at radius 1 is 1.18 bits per heavy atom. The van der Waals surface area contributed by atoms with E-state index >= 15 is 0 Å². The van der Waals surface area contributed by atoms with Crippen LogP contribution in [0.15, 0.2) is 30.3 Å². The standard InChI is InChI=1S/C17H23NO4/c19-16(20)11-15(14-9-5-2-6-10-14)18-17(21)22-12-13-7-3-1-4-8-13/h1,3-4,7-8,14-15H,2,5-6,9-12H2,(H,18,21)(H,19,20)/t15-/m1/s1. The molecule has 0 heterocycles. The SMILES string of the molecule is O=C(O)C[C@@H](NC(=O)OCc1ccccc1)C1CCCCC1. The van der Waals surface area contributed by atoms with Gasteiger partial charge in [-0.3, -0.25) is 4.79 Å². The third kappa shape index (κ3) is 5.39. The van der Waals surface area contributed by atoms with Gasteiger partial charge in [-0.2, -0.15) is 0 Å². The summed E-state index contributed by atoms with van der Waals surface area (Å²) in [5, 5.41) is 11.8. The van der Waals surface area contributed by atoms with Crippen LogP contribution in [-0.4, -0.2) is 23.2 Å². The highest BCUT2D eigenvalue weighted by atomic mass is 16.5. The molecule has 0 spiro atoms. The number of carbonyl (C=O) groups is 2. The van der Waals surface area contributed by atoms with Gasteiger partial charge in [-0.05, 0) is 24.3 Å². The van der Waals surface area contributed by atoms with Crippen LogP contribution >= 0.6 is 0 Å². The van der Waals surface area contributed by atoms with Gasteiger partial charge >= 0.3 is 12.1 Å². The van der Waals surface area contributed by atoms with Gasteiger partial charge in [-0.25, -0.2) is 4.79 Å². The summed E-state index contributed by atoms with van der Waals surface area (Å²) in [6, 6.07) is 9.07. The lowest BCUT2D eigenvalue weighted by atomic mass is 9.83. The number of alkyl carbamates (subject to hydrolysis) is 1.